The molecule has 0 heterocycles. The molecule has 18 heavy (non-hydrogen) atoms. The third kappa shape index (κ3) is 5.98. The van der Waals surface area contributed by atoms with Gasteiger partial charge in [0.1, 0.15) is 0 Å². The Balaban J connectivity index is 0.000000411. The van der Waals surface area contributed by atoms with Gasteiger partial charge in [-0.05, 0) is 30.0 Å². The third-order valence-electron chi connectivity index (χ3n) is 2.17. The molecule has 1 aromatic carbocycles. The summed E-state index contributed by atoms with van der Waals surface area (Å²) in [6.45, 7) is 8.37. The van der Waals surface area contributed by atoms with E-state index >= 15 is 0 Å². The summed E-state index contributed by atoms with van der Waals surface area (Å²) in [5.41, 5.74) is 1.02. The Hall–Kier alpha value is -1.91. The zero-order valence-corrected chi connectivity index (χ0v) is 11.2. The Morgan fingerprint density at radius 1 is 1.22 bits per heavy atom. The molecule has 0 atom stereocenters. The van der Waals surface area contributed by atoms with Crippen LogP contribution in [0.1, 0.15) is 33.3 Å². The number of carbonyl (C=O) groups is 1. The van der Waals surface area contributed by atoms with E-state index in [1.54, 1.807) is 13.0 Å². The van der Waals surface area contributed by atoms with Crippen LogP contribution < -0.4 is 5.32 Å². The number of hydrogen-bond donors (Lipinski definition) is 4. The van der Waals surface area contributed by atoms with Gasteiger partial charge in [0.25, 0.3) is 0 Å². The van der Waals surface area contributed by atoms with Gasteiger partial charge in [0.15, 0.2) is 11.5 Å². The van der Waals surface area contributed by atoms with E-state index in [-0.39, 0.29) is 16.9 Å². The molecule has 0 aliphatic rings. The number of nitrogens with one attached hydrogen (secondary N) is 1. The number of phenols is 2. The molecule has 0 bridgehead atoms. The first-order chi connectivity index (χ1) is 8.18. The summed E-state index contributed by atoms with van der Waals surface area (Å²) < 4.78 is 0. The van der Waals surface area contributed by atoms with Crippen LogP contribution in [0, 0.1) is 0 Å². The first kappa shape index (κ1) is 16.1. The number of hydrogen-bond acceptors (Lipinski definition) is 3. The van der Waals surface area contributed by atoms with Crippen LogP contribution >= 0.6 is 0 Å². The zero-order valence-electron chi connectivity index (χ0n) is 11.2. The van der Waals surface area contributed by atoms with Crippen LogP contribution in [0.15, 0.2) is 18.2 Å². The number of benzene rings is 1. The van der Waals surface area contributed by atoms with E-state index in [1.807, 2.05) is 6.07 Å². The largest absolute Gasteiger partial charge is 0.504 e. The van der Waals surface area contributed by atoms with Crippen molar-refractivity contribution in [3.05, 3.63) is 23.8 Å². The van der Waals surface area contributed by atoms with Crippen molar-refractivity contribution in [2.24, 2.45) is 0 Å². The van der Waals surface area contributed by atoms with Gasteiger partial charge in [0.05, 0.1) is 0 Å². The molecule has 1 rings (SSSR count). The van der Waals surface area contributed by atoms with Crippen LogP contribution in [-0.2, 0) is 5.41 Å². The predicted molar refractivity (Wildman–Crippen MR) is 70.2 cm³/mol. The lowest BCUT2D eigenvalue weighted by molar-refractivity contribution is 0.195. The van der Waals surface area contributed by atoms with Crippen molar-refractivity contribution in [3.63, 3.8) is 0 Å². The molecule has 0 spiro atoms. The topological polar surface area (TPSA) is 89.8 Å². The van der Waals surface area contributed by atoms with Crippen molar-refractivity contribution in [3.8, 4) is 11.5 Å². The molecule has 0 unspecified atom stereocenters. The molecule has 0 saturated heterocycles. The van der Waals surface area contributed by atoms with Crippen molar-refractivity contribution in [1.82, 2.24) is 5.32 Å². The van der Waals surface area contributed by atoms with E-state index in [0.717, 1.165) is 5.56 Å². The first-order valence-electron chi connectivity index (χ1n) is 5.67. The molecule has 1 aromatic rings. The number of phenolic OH excluding ortho intramolecular Hbond substituents is 2. The Morgan fingerprint density at radius 2 is 1.78 bits per heavy atom. The van der Waals surface area contributed by atoms with Crippen molar-refractivity contribution in [2.75, 3.05) is 6.54 Å². The summed E-state index contributed by atoms with van der Waals surface area (Å²) in [4.78, 5) is 9.49. The van der Waals surface area contributed by atoms with E-state index < -0.39 is 6.09 Å². The summed E-state index contributed by atoms with van der Waals surface area (Å²) in [5, 5.41) is 28.2. The lowest BCUT2D eigenvalue weighted by atomic mass is 9.87. The maximum Gasteiger partial charge on any atom is 0.404 e. The number of carboxylic acid groups (broad SMARTS) is 1. The molecule has 0 fully saturated rings. The van der Waals surface area contributed by atoms with Gasteiger partial charge < -0.3 is 20.6 Å². The van der Waals surface area contributed by atoms with E-state index in [0.29, 0.717) is 6.54 Å². The smallest absolute Gasteiger partial charge is 0.404 e. The van der Waals surface area contributed by atoms with Gasteiger partial charge >= 0.3 is 6.09 Å². The summed E-state index contributed by atoms with van der Waals surface area (Å²) in [6.07, 6.45) is -0.961. The summed E-state index contributed by atoms with van der Waals surface area (Å²) in [7, 11) is 0. The first-order valence-corrected chi connectivity index (χ1v) is 5.67. The lowest BCUT2D eigenvalue weighted by Gasteiger charge is -2.19. The Labute approximate surface area is 107 Å². The Kier molecular flexibility index (Phi) is 6.02. The molecule has 5 heteroatoms. The molecule has 1 amide bonds. The summed E-state index contributed by atoms with van der Waals surface area (Å²) in [6, 6.07) is 4.92. The van der Waals surface area contributed by atoms with Crippen LogP contribution in [0.4, 0.5) is 4.79 Å². The van der Waals surface area contributed by atoms with Crippen molar-refractivity contribution < 1.29 is 20.1 Å². The zero-order chi connectivity index (χ0) is 14.3. The third-order valence-corrected chi connectivity index (χ3v) is 2.17. The highest BCUT2D eigenvalue weighted by atomic mass is 16.4. The quantitative estimate of drug-likeness (QED) is 0.581. The summed E-state index contributed by atoms with van der Waals surface area (Å²) >= 11 is 0. The standard InChI is InChI=1S/C10H14O2.C3H7NO2/c1-10(2,3)7-4-5-8(11)9(12)6-7;1-2-4-3(5)6/h4-6,11-12H,1-3H3;4H,2H2,1H3,(H,5,6). The highest BCUT2D eigenvalue weighted by molar-refractivity contribution is 5.64. The molecule has 4 N–H and O–H groups in total. The second kappa shape index (κ2) is 6.74. The van der Waals surface area contributed by atoms with Crippen LogP contribution in [0.5, 0.6) is 11.5 Å². The number of aromatic hydroxyl groups is 2. The maximum absolute atomic E-state index is 9.49. The van der Waals surface area contributed by atoms with E-state index in [4.69, 9.17) is 10.2 Å². The minimum Gasteiger partial charge on any atom is -0.504 e. The lowest BCUT2D eigenvalue weighted by Crippen LogP contribution is -2.19. The molecular formula is C13H21NO4. The number of amides is 1. The minimum atomic E-state index is -0.961. The van der Waals surface area contributed by atoms with E-state index in [2.05, 4.69) is 26.1 Å². The van der Waals surface area contributed by atoms with Crippen LogP contribution in [-0.4, -0.2) is 28.0 Å². The van der Waals surface area contributed by atoms with Gasteiger partial charge in [-0.15, -0.1) is 0 Å². The highest BCUT2D eigenvalue weighted by Gasteiger charge is 2.14. The molecule has 0 radical (unpaired) electrons. The Bertz CT molecular complexity index is 396. The average Bonchev–Trinajstić information content (AvgIpc) is 2.21. The molecule has 0 saturated carbocycles. The predicted octanol–water partition coefficient (Wildman–Crippen LogP) is 2.67. The Morgan fingerprint density at radius 3 is 2.06 bits per heavy atom. The molecule has 5 nitrogen and oxygen atoms in total. The van der Waals surface area contributed by atoms with Crippen LogP contribution in [0.2, 0.25) is 0 Å². The average molecular weight is 255 g/mol. The van der Waals surface area contributed by atoms with Crippen LogP contribution in [0.3, 0.4) is 0 Å². The molecule has 0 aliphatic carbocycles. The molecular weight excluding hydrogens is 234 g/mol. The van der Waals surface area contributed by atoms with Crippen molar-refractivity contribution in [2.45, 2.75) is 33.1 Å². The fraction of sp³-hybridized carbons (Fsp3) is 0.462. The van der Waals surface area contributed by atoms with Gasteiger partial charge in [0.2, 0.25) is 0 Å². The SMILES string of the molecule is CC(C)(C)c1ccc(O)c(O)c1.CCNC(=O)O. The van der Waals surface area contributed by atoms with Gasteiger partial charge in [-0.3, -0.25) is 0 Å². The van der Waals surface area contributed by atoms with Gasteiger partial charge in [-0.25, -0.2) is 4.79 Å². The van der Waals surface area contributed by atoms with Gasteiger partial charge in [-0.1, -0.05) is 26.8 Å². The van der Waals surface area contributed by atoms with Crippen LogP contribution in [0.25, 0.3) is 0 Å². The highest BCUT2D eigenvalue weighted by Crippen LogP contribution is 2.30. The monoisotopic (exact) mass is 255 g/mol. The maximum atomic E-state index is 9.49. The minimum absolute atomic E-state index is 0.00514. The fourth-order valence-electron chi connectivity index (χ4n) is 1.14. The van der Waals surface area contributed by atoms with E-state index in [1.165, 1.54) is 6.07 Å². The van der Waals surface area contributed by atoms with Crippen molar-refractivity contribution in [1.29, 1.82) is 0 Å². The normalized spacial score (nSPS) is 10.2. The van der Waals surface area contributed by atoms with Crippen molar-refractivity contribution >= 4 is 6.09 Å². The number of rotatable bonds is 1. The second-order valence-corrected chi connectivity index (χ2v) is 4.79. The fourth-order valence-corrected chi connectivity index (χ4v) is 1.14. The van der Waals surface area contributed by atoms with Gasteiger partial charge in [0, 0.05) is 6.54 Å². The second-order valence-electron chi connectivity index (χ2n) is 4.79. The van der Waals surface area contributed by atoms with Gasteiger partial charge in [-0.2, -0.15) is 0 Å². The molecule has 0 aliphatic heterocycles. The molecule has 102 valence electrons. The van der Waals surface area contributed by atoms with E-state index in [9.17, 15) is 9.90 Å². The molecule has 0 aromatic heterocycles. The summed E-state index contributed by atoms with van der Waals surface area (Å²) in [5.74, 6) is -0.120.